The van der Waals surface area contributed by atoms with Gasteiger partial charge in [-0.15, -0.1) is 13.2 Å². The number of fused-ring (bicyclic) bond motifs is 4. The fourth-order valence-electron chi connectivity index (χ4n) is 4.90. The molecule has 0 spiro atoms. The normalized spacial score (nSPS) is 47.3. The number of rotatable bonds is 9. The average molecular weight is 1090 g/mol. The van der Waals surface area contributed by atoms with Crippen LogP contribution in [0.15, 0.2) is 73.7 Å². The van der Waals surface area contributed by atoms with Crippen LogP contribution in [0.5, 0.6) is 0 Å². The van der Waals surface area contributed by atoms with Gasteiger partial charge in [0.25, 0.3) is 0 Å². The first-order chi connectivity index (χ1) is 26.9. The minimum atomic E-state index is -4.21. The second-order valence-electron chi connectivity index (χ2n) is 13.7. The molecule has 4 fully saturated rings. The second kappa shape index (κ2) is 19.6. The molecule has 4 bridgehead atoms. The molecule has 0 aliphatic carbocycles. The smallest absolute Gasteiger partial charge is 0.416 e. The molecule has 8 unspecified atom stereocenters. The SMILES string of the molecule is C=C[Si]1(O)O[Si](C)(O)O[Si]2(C=C)O[Si](C)(O)O[Si](O)(C=C)O[Si](C)(O1)O2.C=C[Si]1(O)O[Si](C)(O)O[Si]2(C=C)O[Si](C)(O)O[Si](O)(C=C)O[Si](C)(O1)O2.CO[Si](C)(CO)CO. The van der Waals surface area contributed by atoms with E-state index < -0.39 is 114 Å². The molecule has 346 valence electrons. The van der Waals surface area contributed by atoms with Gasteiger partial charge in [0.15, 0.2) is 0 Å². The third kappa shape index (κ3) is 15.4. The van der Waals surface area contributed by atoms with Crippen molar-refractivity contribution in [1.82, 2.24) is 0 Å². The topological polar surface area (TPSA) is 341 Å². The summed E-state index contributed by atoms with van der Waals surface area (Å²) in [5.41, 5.74) is 6.24. The molecule has 4 rings (SSSR count). The molecule has 10 N–H and O–H groups in total. The number of aliphatic hydroxyl groups excluding tert-OH is 2. The van der Waals surface area contributed by atoms with Crippen molar-refractivity contribution < 1.29 is 111 Å². The van der Waals surface area contributed by atoms with E-state index in [4.69, 9.17) is 72.3 Å². The lowest BCUT2D eigenvalue weighted by atomic mass is 11.3. The first-order valence-electron chi connectivity index (χ1n) is 17.1. The zero-order valence-corrected chi connectivity index (χ0v) is 47.2. The van der Waals surface area contributed by atoms with Crippen molar-refractivity contribution >= 4 is 114 Å². The van der Waals surface area contributed by atoms with Gasteiger partial charge >= 0.3 is 106 Å². The molecule has 4 aliphatic rings. The third-order valence-electron chi connectivity index (χ3n) is 7.34. The maximum Gasteiger partial charge on any atom is 0.511 e. The Morgan fingerprint density at radius 2 is 0.617 bits per heavy atom. The lowest BCUT2D eigenvalue weighted by Gasteiger charge is -2.49. The largest absolute Gasteiger partial charge is 0.511 e. The Labute approximate surface area is 361 Å². The van der Waals surface area contributed by atoms with Crippen molar-refractivity contribution in [2.24, 2.45) is 0 Å². The van der Waals surface area contributed by atoms with Crippen molar-refractivity contribution in [3.05, 3.63) is 73.7 Å². The maximum absolute atomic E-state index is 10.6. The molecular formula is C22H56O25Si13. The van der Waals surface area contributed by atoms with E-state index in [1.54, 1.807) is 6.55 Å². The van der Waals surface area contributed by atoms with E-state index in [1.807, 2.05) is 0 Å². The van der Waals surface area contributed by atoms with Crippen LogP contribution in [-0.4, -0.2) is 182 Å². The van der Waals surface area contributed by atoms with Crippen LogP contribution in [0.2, 0.25) is 45.8 Å². The molecule has 0 aromatic carbocycles. The van der Waals surface area contributed by atoms with E-state index in [2.05, 4.69) is 39.5 Å². The van der Waals surface area contributed by atoms with Crippen LogP contribution < -0.4 is 0 Å². The fraction of sp³-hybridized carbons (Fsp3) is 0.455. The summed E-state index contributed by atoms with van der Waals surface area (Å²) in [4.78, 5) is 84.3. The van der Waals surface area contributed by atoms with Crippen LogP contribution in [0.4, 0.5) is 0 Å². The van der Waals surface area contributed by atoms with Crippen LogP contribution >= 0.6 is 0 Å². The Kier molecular flexibility index (Phi) is 18.4. The molecule has 0 aromatic rings. The van der Waals surface area contributed by atoms with Crippen molar-refractivity contribution in [3.8, 4) is 0 Å². The van der Waals surface area contributed by atoms with E-state index in [0.29, 0.717) is 0 Å². The Bertz CT molecular complexity index is 1400. The predicted octanol–water partition coefficient (Wildman–Crippen LogP) is -3.13. The van der Waals surface area contributed by atoms with Gasteiger partial charge in [0.2, 0.25) is 8.32 Å². The molecule has 4 heterocycles. The maximum atomic E-state index is 10.6. The van der Waals surface area contributed by atoms with Crippen molar-refractivity contribution in [1.29, 1.82) is 0 Å². The van der Waals surface area contributed by atoms with Gasteiger partial charge in [0, 0.05) is 46.4 Å². The standard InChI is InChI=1S/2C9H22O11Si6.C4H12O3Si/c2*1-7-24(12)14-21(4,10)16-26(9-3)17-22(5,11)15-25(13,8-2)19-23(6,18-24)20-26;1-7-8(2,3-5)4-6/h2*7-13H,1-3H2,4-6H3;5-6H,3-4H2,1-2H3. The van der Waals surface area contributed by atoms with Gasteiger partial charge in [-0.2, -0.15) is 0 Å². The van der Waals surface area contributed by atoms with Crippen LogP contribution in [0.3, 0.4) is 0 Å². The van der Waals surface area contributed by atoms with Gasteiger partial charge < -0.3 is 111 Å². The second-order valence-corrected chi connectivity index (χ2v) is 49.6. The van der Waals surface area contributed by atoms with E-state index in [0.717, 1.165) is 34.2 Å². The van der Waals surface area contributed by atoms with Gasteiger partial charge in [-0.05, 0) is 40.7 Å². The molecule has 0 saturated carbocycles. The summed E-state index contributed by atoms with van der Waals surface area (Å²) < 4.78 is 82.4. The highest BCUT2D eigenvalue weighted by Gasteiger charge is 2.70. The molecule has 38 heteroatoms. The zero-order chi connectivity index (χ0) is 46.8. The summed E-state index contributed by atoms with van der Waals surface area (Å²) in [6, 6.07) is 0. The van der Waals surface area contributed by atoms with Gasteiger partial charge in [0.05, 0.1) is 12.5 Å². The van der Waals surface area contributed by atoms with Crippen molar-refractivity contribution in [2.45, 2.75) is 45.8 Å². The molecule has 0 amide bonds. The van der Waals surface area contributed by atoms with Gasteiger partial charge in [-0.25, -0.2) is 0 Å². The first kappa shape index (κ1) is 56.4. The Morgan fingerprint density at radius 3 is 0.750 bits per heavy atom. The quantitative estimate of drug-likeness (QED) is 0.102. The molecule has 0 radical (unpaired) electrons. The molecule has 25 nitrogen and oxygen atoms in total. The van der Waals surface area contributed by atoms with E-state index in [1.165, 1.54) is 46.4 Å². The fourth-order valence-corrected chi connectivity index (χ4v) is 50.5. The van der Waals surface area contributed by atoms with Crippen LogP contribution in [-0.2, 0) is 62.0 Å². The summed E-state index contributed by atoms with van der Waals surface area (Å²) in [5, 5.41) is 17.1. The van der Waals surface area contributed by atoms with Crippen LogP contribution in [0, 0.1) is 0 Å². The highest BCUT2D eigenvalue weighted by atomic mass is 28.6. The van der Waals surface area contributed by atoms with E-state index >= 15 is 0 Å². The highest BCUT2D eigenvalue weighted by Crippen LogP contribution is 2.38. The molecule has 4 aliphatic heterocycles. The van der Waals surface area contributed by atoms with Crippen molar-refractivity contribution in [3.63, 3.8) is 0 Å². The van der Waals surface area contributed by atoms with Gasteiger partial charge in [-0.1, -0.05) is 26.3 Å². The lowest BCUT2D eigenvalue weighted by Crippen LogP contribution is -2.76. The molecule has 60 heavy (non-hydrogen) atoms. The highest BCUT2D eigenvalue weighted by molar-refractivity contribution is 6.97. The van der Waals surface area contributed by atoms with Crippen LogP contribution in [0.1, 0.15) is 0 Å². The van der Waals surface area contributed by atoms with Gasteiger partial charge in [-0.3, -0.25) is 0 Å². The lowest BCUT2D eigenvalue weighted by molar-refractivity contribution is 0.0446. The van der Waals surface area contributed by atoms with E-state index in [9.17, 15) is 38.4 Å². The van der Waals surface area contributed by atoms with Crippen molar-refractivity contribution in [2.75, 3.05) is 19.6 Å². The zero-order valence-electron chi connectivity index (χ0n) is 34.2. The molecule has 8 atom stereocenters. The number of hydrogen-bond donors (Lipinski definition) is 10. The van der Waals surface area contributed by atoms with E-state index in [-0.39, 0.29) is 12.5 Å². The summed E-state index contributed by atoms with van der Waals surface area (Å²) >= 11 is 0. The van der Waals surface area contributed by atoms with Gasteiger partial charge in [0.1, 0.15) is 0 Å². The minimum absolute atomic E-state index is 0.0139. The summed E-state index contributed by atoms with van der Waals surface area (Å²) in [6.45, 7) is 30.2. The predicted molar refractivity (Wildman–Crippen MR) is 231 cm³/mol. The summed E-state index contributed by atoms with van der Waals surface area (Å²) in [5.74, 6) is 0. The Morgan fingerprint density at radius 1 is 0.400 bits per heavy atom. The van der Waals surface area contributed by atoms with Crippen LogP contribution in [0.25, 0.3) is 0 Å². The first-order valence-corrected chi connectivity index (χ1v) is 44.4. The monoisotopic (exact) mass is 1080 g/mol. The summed E-state index contributed by atoms with van der Waals surface area (Å²) in [7, 11) is -49.8. The number of aliphatic hydroxyl groups is 2. The third-order valence-corrected chi connectivity index (χ3v) is 49.9. The molecule has 0 aromatic heterocycles. The molecule has 4 saturated heterocycles. The minimum Gasteiger partial charge on any atom is -0.416 e. The average Bonchev–Trinajstić information content (AvgIpc) is 3.07. The molecular weight excluding hydrogens is 1030 g/mol. The number of hydrogen-bond acceptors (Lipinski definition) is 25. The summed E-state index contributed by atoms with van der Waals surface area (Å²) in [6.07, 6.45) is -0.0278. The Balaban J connectivity index is 0.000000350. The Hall–Kier alpha value is 0.259.